The van der Waals surface area contributed by atoms with E-state index in [9.17, 15) is 13.2 Å². The zero-order valence-corrected chi connectivity index (χ0v) is 12.0. The van der Waals surface area contributed by atoms with Gasteiger partial charge >= 0.3 is 0 Å². The van der Waals surface area contributed by atoms with Crippen molar-refractivity contribution in [3.05, 3.63) is 23.8 Å². The van der Waals surface area contributed by atoms with E-state index in [-0.39, 0.29) is 17.1 Å². The first-order valence-electron chi connectivity index (χ1n) is 6.39. The highest BCUT2D eigenvalue weighted by Gasteiger charge is 2.38. The van der Waals surface area contributed by atoms with E-state index in [1.165, 1.54) is 19.2 Å². The maximum atomic E-state index is 12.0. The van der Waals surface area contributed by atoms with Gasteiger partial charge in [-0.05, 0) is 31.4 Å². The number of sulfonamides is 1. The van der Waals surface area contributed by atoms with Gasteiger partial charge in [-0.2, -0.15) is 0 Å². The Hall–Kier alpha value is -1.60. The smallest absolute Gasteiger partial charge is 0.268 e. The van der Waals surface area contributed by atoms with Gasteiger partial charge in [-0.1, -0.05) is 0 Å². The molecule has 0 unspecified atom stereocenters. The largest absolute Gasteiger partial charge is 0.494 e. The Morgan fingerprint density at radius 1 is 1.25 bits per heavy atom. The van der Waals surface area contributed by atoms with Gasteiger partial charge in [0.15, 0.2) is 0 Å². The molecule has 0 atom stereocenters. The van der Waals surface area contributed by atoms with Gasteiger partial charge in [0.2, 0.25) is 0 Å². The van der Waals surface area contributed by atoms with Gasteiger partial charge < -0.3 is 9.84 Å². The van der Waals surface area contributed by atoms with E-state index in [1.807, 2.05) is 0 Å². The molecule has 6 nitrogen and oxygen atoms in total. The van der Waals surface area contributed by atoms with Crippen molar-refractivity contribution < 1.29 is 23.1 Å². The van der Waals surface area contributed by atoms with Gasteiger partial charge in [0.1, 0.15) is 10.6 Å². The summed E-state index contributed by atoms with van der Waals surface area (Å²) in [5, 5.41) is 8.65. The SMILES string of the molecule is CN1C(=O)c2ccc(OCCCCCO)cc2S1(=O)=O. The van der Waals surface area contributed by atoms with Gasteiger partial charge in [0.05, 0.1) is 12.2 Å². The first-order chi connectivity index (χ1) is 9.48. The van der Waals surface area contributed by atoms with Gasteiger partial charge in [-0.15, -0.1) is 0 Å². The minimum atomic E-state index is -3.72. The number of carbonyl (C=O) groups is 1. The number of unbranched alkanes of at least 4 members (excludes halogenated alkanes) is 2. The van der Waals surface area contributed by atoms with Crippen LogP contribution in [0.25, 0.3) is 0 Å². The Balaban J connectivity index is 2.10. The molecular formula is C13H17NO5S. The van der Waals surface area contributed by atoms with Crippen LogP contribution < -0.4 is 4.74 Å². The van der Waals surface area contributed by atoms with Crippen molar-refractivity contribution in [2.24, 2.45) is 0 Å². The number of hydrogen-bond acceptors (Lipinski definition) is 5. The van der Waals surface area contributed by atoms with E-state index in [4.69, 9.17) is 9.84 Å². The van der Waals surface area contributed by atoms with E-state index >= 15 is 0 Å². The van der Waals surface area contributed by atoms with E-state index in [0.717, 1.165) is 23.6 Å². The van der Waals surface area contributed by atoms with Crippen LogP contribution in [0.15, 0.2) is 23.1 Å². The first kappa shape index (κ1) is 14.8. The van der Waals surface area contributed by atoms with Crippen LogP contribution >= 0.6 is 0 Å². The van der Waals surface area contributed by atoms with Crippen LogP contribution in [-0.4, -0.2) is 44.0 Å². The lowest BCUT2D eigenvalue weighted by molar-refractivity contribution is 0.0891. The average Bonchev–Trinajstić information content (AvgIpc) is 2.60. The summed E-state index contributed by atoms with van der Waals surface area (Å²) in [6.45, 7) is 0.605. The molecule has 20 heavy (non-hydrogen) atoms. The predicted molar refractivity (Wildman–Crippen MR) is 72.2 cm³/mol. The van der Waals surface area contributed by atoms with Gasteiger partial charge in [-0.3, -0.25) is 4.79 Å². The van der Waals surface area contributed by atoms with Crippen molar-refractivity contribution in [1.82, 2.24) is 4.31 Å². The second-order valence-corrected chi connectivity index (χ2v) is 6.51. The molecule has 0 aromatic heterocycles. The van der Waals surface area contributed by atoms with Gasteiger partial charge in [-0.25, -0.2) is 12.7 Å². The number of amides is 1. The molecule has 1 amide bonds. The number of fused-ring (bicyclic) bond motifs is 1. The third-order valence-electron chi connectivity index (χ3n) is 3.18. The average molecular weight is 299 g/mol. The van der Waals surface area contributed by atoms with Crippen molar-refractivity contribution in [3.63, 3.8) is 0 Å². The molecule has 0 radical (unpaired) electrons. The molecule has 0 bridgehead atoms. The molecule has 1 N–H and O–H groups in total. The molecule has 0 fully saturated rings. The monoisotopic (exact) mass is 299 g/mol. The van der Waals surface area contributed by atoms with Gasteiger partial charge in [0, 0.05) is 19.7 Å². The lowest BCUT2D eigenvalue weighted by atomic mass is 10.2. The van der Waals surface area contributed by atoms with Crippen molar-refractivity contribution in [2.75, 3.05) is 20.3 Å². The highest BCUT2D eigenvalue weighted by molar-refractivity contribution is 7.90. The lowest BCUT2D eigenvalue weighted by Crippen LogP contribution is -2.24. The summed E-state index contributed by atoms with van der Waals surface area (Å²) in [6, 6.07) is 4.46. The number of hydrogen-bond donors (Lipinski definition) is 1. The fourth-order valence-corrected chi connectivity index (χ4v) is 3.30. The van der Waals surface area contributed by atoms with Crippen LogP contribution in [0.1, 0.15) is 29.6 Å². The van der Waals surface area contributed by atoms with E-state index < -0.39 is 15.9 Å². The molecule has 1 aromatic rings. The summed E-state index contributed by atoms with van der Waals surface area (Å²) in [5.41, 5.74) is 0.181. The first-order valence-corrected chi connectivity index (χ1v) is 7.83. The Labute approximate surface area is 118 Å². The van der Waals surface area contributed by atoms with Crippen molar-refractivity contribution in [3.8, 4) is 5.75 Å². The highest BCUT2D eigenvalue weighted by Crippen LogP contribution is 2.31. The topological polar surface area (TPSA) is 83.9 Å². The minimum Gasteiger partial charge on any atom is -0.494 e. The second kappa shape index (κ2) is 5.80. The van der Waals surface area contributed by atoms with Crippen LogP contribution in [0.2, 0.25) is 0 Å². The maximum absolute atomic E-state index is 12.0. The maximum Gasteiger partial charge on any atom is 0.268 e. The number of benzene rings is 1. The Kier molecular flexibility index (Phi) is 4.29. The molecule has 1 aromatic carbocycles. The van der Waals surface area contributed by atoms with Crippen LogP contribution in [0.4, 0.5) is 0 Å². The van der Waals surface area contributed by atoms with E-state index in [0.29, 0.717) is 12.4 Å². The molecule has 110 valence electrons. The number of aliphatic hydroxyl groups excluding tert-OH is 1. The number of rotatable bonds is 6. The molecule has 0 spiro atoms. The fourth-order valence-electron chi connectivity index (χ4n) is 1.99. The number of ether oxygens (including phenoxy) is 1. The summed E-state index contributed by atoms with van der Waals surface area (Å²) in [4.78, 5) is 11.7. The highest BCUT2D eigenvalue weighted by atomic mass is 32.2. The normalized spacial score (nSPS) is 16.3. The second-order valence-electron chi connectivity index (χ2n) is 4.57. The molecule has 7 heteroatoms. The van der Waals surface area contributed by atoms with Crippen molar-refractivity contribution in [1.29, 1.82) is 0 Å². The quantitative estimate of drug-likeness (QED) is 0.792. The summed E-state index contributed by atoms with van der Waals surface area (Å²) >= 11 is 0. The molecule has 1 aliphatic heterocycles. The van der Waals surface area contributed by atoms with Crippen molar-refractivity contribution >= 4 is 15.9 Å². The molecule has 0 saturated heterocycles. The fraction of sp³-hybridized carbons (Fsp3) is 0.462. The Morgan fingerprint density at radius 2 is 2.00 bits per heavy atom. The van der Waals surface area contributed by atoms with E-state index in [2.05, 4.69) is 0 Å². The molecular weight excluding hydrogens is 282 g/mol. The molecule has 0 aliphatic carbocycles. The minimum absolute atomic E-state index is 0.00198. The number of nitrogens with zero attached hydrogens (tertiary/aromatic N) is 1. The number of aliphatic hydroxyl groups is 1. The van der Waals surface area contributed by atoms with Crippen LogP contribution in [0.3, 0.4) is 0 Å². The lowest BCUT2D eigenvalue weighted by Gasteiger charge is -2.07. The summed E-state index contributed by atoms with van der Waals surface area (Å²) in [5.74, 6) is -0.0890. The zero-order valence-electron chi connectivity index (χ0n) is 11.2. The van der Waals surface area contributed by atoms with E-state index in [1.54, 1.807) is 6.07 Å². The van der Waals surface area contributed by atoms with Crippen LogP contribution in [0, 0.1) is 0 Å². The molecule has 1 heterocycles. The van der Waals surface area contributed by atoms with Gasteiger partial charge in [0.25, 0.3) is 15.9 Å². The van der Waals surface area contributed by atoms with Crippen LogP contribution in [-0.2, 0) is 10.0 Å². The standard InChI is InChI=1S/C13H17NO5S/c1-14-13(16)11-6-5-10(9-12(11)20(14,17)18)19-8-4-2-3-7-15/h5-6,9,15H,2-4,7-8H2,1H3. The summed E-state index contributed by atoms with van der Waals surface area (Å²) in [6.07, 6.45) is 2.35. The Morgan fingerprint density at radius 3 is 2.70 bits per heavy atom. The molecule has 1 aliphatic rings. The molecule has 0 saturated carbocycles. The third-order valence-corrected chi connectivity index (χ3v) is 4.96. The van der Waals surface area contributed by atoms with Crippen LogP contribution in [0.5, 0.6) is 5.75 Å². The Bertz CT molecular complexity index is 611. The zero-order chi connectivity index (χ0) is 14.8. The summed E-state index contributed by atoms with van der Waals surface area (Å²) in [7, 11) is -2.48. The third kappa shape index (κ3) is 2.64. The predicted octanol–water partition coefficient (Wildman–Crippen LogP) is 1.00. The van der Waals surface area contributed by atoms with Crippen molar-refractivity contribution in [2.45, 2.75) is 24.2 Å². The molecule has 2 rings (SSSR count). The summed E-state index contributed by atoms with van der Waals surface area (Å²) < 4.78 is 30.2. The number of carbonyl (C=O) groups excluding carboxylic acids is 1.